The first kappa shape index (κ1) is 14.1. The maximum atomic E-state index is 12.2. The number of hydrogen-bond donors (Lipinski definition) is 1. The van der Waals surface area contributed by atoms with Crippen molar-refractivity contribution in [1.82, 2.24) is 0 Å². The molecule has 1 aromatic rings. The Morgan fingerprint density at radius 3 is 2.07 bits per heavy atom. The maximum Gasteiger partial charge on any atom is 0.417 e. The molecule has 0 fully saturated rings. The Kier molecular flexibility index (Phi) is 4.94. The number of phenolic OH excluding ortho intramolecular Hbond substituents is 1. The molecule has 0 amide bonds. The van der Waals surface area contributed by atoms with Gasteiger partial charge in [-0.15, -0.1) is 0 Å². The Hall–Kier alpha value is -0.900. The van der Waals surface area contributed by atoms with Crippen molar-refractivity contribution in [3.8, 4) is 5.75 Å². The van der Waals surface area contributed by atoms with Gasteiger partial charge in [0.15, 0.2) is 0 Å². The van der Waals surface area contributed by atoms with Crippen LogP contribution in [0.1, 0.15) is 25.0 Å². The molecule has 5 heteroatoms. The van der Waals surface area contributed by atoms with Crippen LogP contribution in [0.2, 0.25) is 5.02 Å². The Balaban J connectivity index is 0.000000921. The highest BCUT2D eigenvalue weighted by molar-refractivity contribution is 6.31. The fraction of sp³-hybridized carbons (Fsp3) is 0.400. The minimum atomic E-state index is -4.48. The lowest BCUT2D eigenvalue weighted by Crippen LogP contribution is -2.06. The molecule has 0 aliphatic rings. The van der Waals surface area contributed by atoms with Crippen molar-refractivity contribution in [3.05, 3.63) is 28.3 Å². The molecule has 0 spiro atoms. The molecule has 0 aromatic heterocycles. The second-order valence-corrected chi connectivity index (χ2v) is 3.02. The van der Waals surface area contributed by atoms with Gasteiger partial charge in [-0.3, -0.25) is 0 Å². The Morgan fingerprint density at radius 1 is 1.20 bits per heavy atom. The van der Waals surface area contributed by atoms with Crippen LogP contribution in [-0.2, 0) is 6.18 Å². The summed E-state index contributed by atoms with van der Waals surface area (Å²) in [4.78, 5) is 0. The fourth-order valence-corrected chi connectivity index (χ4v) is 1.15. The molecular formula is C10H12ClF3O. The number of rotatable bonds is 0. The molecule has 0 saturated carbocycles. The average molecular weight is 241 g/mol. The number of halogens is 4. The van der Waals surface area contributed by atoms with Gasteiger partial charge in [-0.25, -0.2) is 0 Å². The molecular weight excluding hydrogens is 229 g/mol. The molecule has 1 N–H and O–H groups in total. The second kappa shape index (κ2) is 5.26. The summed E-state index contributed by atoms with van der Waals surface area (Å²) in [6, 6.07) is 1.71. The molecule has 0 saturated heterocycles. The highest BCUT2D eigenvalue weighted by atomic mass is 35.5. The molecule has 0 bridgehead atoms. The fourth-order valence-electron chi connectivity index (χ4n) is 0.888. The Morgan fingerprint density at radius 2 is 1.67 bits per heavy atom. The van der Waals surface area contributed by atoms with Crippen molar-refractivity contribution in [2.45, 2.75) is 26.9 Å². The monoisotopic (exact) mass is 240 g/mol. The third-order valence-electron chi connectivity index (χ3n) is 1.59. The van der Waals surface area contributed by atoms with Gasteiger partial charge in [0.2, 0.25) is 0 Å². The van der Waals surface area contributed by atoms with E-state index in [1.807, 2.05) is 13.8 Å². The summed E-state index contributed by atoms with van der Waals surface area (Å²) in [6.45, 7) is 5.38. The zero-order chi connectivity index (χ0) is 12.2. The molecule has 15 heavy (non-hydrogen) atoms. The van der Waals surface area contributed by atoms with Gasteiger partial charge in [-0.1, -0.05) is 25.4 Å². The molecule has 1 nitrogen and oxygen atoms in total. The molecule has 0 heterocycles. The zero-order valence-corrected chi connectivity index (χ0v) is 9.37. The van der Waals surface area contributed by atoms with E-state index in [4.69, 9.17) is 16.7 Å². The topological polar surface area (TPSA) is 20.2 Å². The minimum absolute atomic E-state index is 0.150. The first-order chi connectivity index (χ1) is 6.82. The minimum Gasteiger partial charge on any atom is -0.508 e. The van der Waals surface area contributed by atoms with Gasteiger partial charge >= 0.3 is 6.18 Å². The lowest BCUT2D eigenvalue weighted by atomic mass is 10.1. The molecule has 0 aliphatic heterocycles. The summed E-state index contributed by atoms with van der Waals surface area (Å²) in [5, 5.41) is 8.55. The standard InChI is InChI=1S/C8H6ClF3O.C2H6/c1-4-2-5(8(10,11)12)6(9)3-7(4)13;1-2/h2-3,13H,1H3;1-2H3. The second-order valence-electron chi connectivity index (χ2n) is 2.62. The van der Waals surface area contributed by atoms with E-state index in [1.165, 1.54) is 6.92 Å². The molecule has 86 valence electrons. The van der Waals surface area contributed by atoms with Crippen molar-refractivity contribution >= 4 is 11.6 Å². The number of aromatic hydroxyl groups is 1. The number of benzene rings is 1. The van der Waals surface area contributed by atoms with E-state index < -0.39 is 16.8 Å². The van der Waals surface area contributed by atoms with Crippen LogP contribution in [0, 0.1) is 6.92 Å². The highest BCUT2D eigenvalue weighted by Crippen LogP contribution is 2.37. The van der Waals surface area contributed by atoms with E-state index in [0.29, 0.717) is 0 Å². The normalized spacial score (nSPS) is 10.6. The van der Waals surface area contributed by atoms with E-state index >= 15 is 0 Å². The van der Waals surface area contributed by atoms with Crippen molar-refractivity contribution in [2.24, 2.45) is 0 Å². The summed E-state index contributed by atoms with van der Waals surface area (Å²) >= 11 is 5.31. The van der Waals surface area contributed by atoms with Gasteiger partial charge in [0.05, 0.1) is 10.6 Å². The summed E-state index contributed by atoms with van der Waals surface area (Å²) < 4.78 is 36.6. The van der Waals surface area contributed by atoms with E-state index in [2.05, 4.69) is 0 Å². The third kappa shape index (κ3) is 3.63. The molecule has 1 aromatic carbocycles. The third-order valence-corrected chi connectivity index (χ3v) is 1.90. The number of alkyl halides is 3. The van der Waals surface area contributed by atoms with Crippen molar-refractivity contribution in [2.75, 3.05) is 0 Å². The van der Waals surface area contributed by atoms with Crippen LogP contribution >= 0.6 is 11.6 Å². The van der Waals surface area contributed by atoms with Gasteiger partial charge in [-0.05, 0) is 24.6 Å². The van der Waals surface area contributed by atoms with Gasteiger partial charge in [0.1, 0.15) is 5.75 Å². The zero-order valence-electron chi connectivity index (χ0n) is 8.61. The molecule has 0 aliphatic carbocycles. The lowest BCUT2D eigenvalue weighted by Gasteiger charge is -2.10. The smallest absolute Gasteiger partial charge is 0.417 e. The van der Waals surface area contributed by atoms with Gasteiger partial charge < -0.3 is 5.11 Å². The molecule has 0 atom stereocenters. The molecule has 0 radical (unpaired) electrons. The average Bonchev–Trinajstić information content (AvgIpc) is 2.13. The lowest BCUT2D eigenvalue weighted by molar-refractivity contribution is -0.137. The number of phenols is 1. The SMILES string of the molecule is CC.Cc1cc(C(F)(F)F)c(Cl)cc1O. The first-order valence-electron chi connectivity index (χ1n) is 4.38. The maximum absolute atomic E-state index is 12.2. The summed E-state index contributed by atoms with van der Waals surface area (Å²) in [6.07, 6.45) is -4.48. The van der Waals surface area contributed by atoms with Gasteiger partial charge in [-0.2, -0.15) is 13.2 Å². The van der Waals surface area contributed by atoms with Crippen LogP contribution in [0.25, 0.3) is 0 Å². The van der Waals surface area contributed by atoms with E-state index in [0.717, 1.165) is 12.1 Å². The van der Waals surface area contributed by atoms with Crippen LogP contribution in [0.15, 0.2) is 12.1 Å². The van der Waals surface area contributed by atoms with E-state index in [1.54, 1.807) is 0 Å². The van der Waals surface area contributed by atoms with E-state index in [9.17, 15) is 13.2 Å². The first-order valence-corrected chi connectivity index (χ1v) is 4.76. The largest absolute Gasteiger partial charge is 0.508 e. The van der Waals surface area contributed by atoms with Crippen molar-refractivity contribution in [3.63, 3.8) is 0 Å². The quantitative estimate of drug-likeness (QED) is 0.713. The van der Waals surface area contributed by atoms with Crippen LogP contribution in [0.4, 0.5) is 13.2 Å². The van der Waals surface area contributed by atoms with Crippen LogP contribution in [-0.4, -0.2) is 5.11 Å². The van der Waals surface area contributed by atoms with Crippen molar-refractivity contribution in [1.29, 1.82) is 0 Å². The van der Waals surface area contributed by atoms with Crippen LogP contribution in [0.5, 0.6) is 5.75 Å². The summed E-state index contributed by atoms with van der Waals surface area (Å²) in [7, 11) is 0. The number of aryl methyl sites for hydroxylation is 1. The van der Waals surface area contributed by atoms with Crippen LogP contribution in [0.3, 0.4) is 0 Å². The van der Waals surface area contributed by atoms with Gasteiger partial charge in [0, 0.05) is 0 Å². The van der Waals surface area contributed by atoms with Gasteiger partial charge in [0.25, 0.3) is 0 Å². The number of hydrogen-bond acceptors (Lipinski definition) is 1. The highest BCUT2D eigenvalue weighted by Gasteiger charge is 2.33. The Bertz CT molecular complexity index is 334. The summed E-state index contributed by atoms with van der Waals surface area (Å²) in [5.74, 6) is -0.238. The molecule has 1 rings (SSSR count). The molecule has 0 unspecified atom stereocenters. The summed E-state index contributed by atoms with van der Waals surface area (Å²) in [5.41, 5.74) is -0.777. The van der Waals surface area contributed by atoms with Crippen LogP contribution < -0.4 is 0 Å². The van der Waals surface area contributed by atoms with Crippen molar-refractivity contribution < 1.29 is 18.3 Å². The predicted octanol–water partition coefficient (Wildman–Crippen LogP) is 4.40. The predicted molar refractivity (Wildman–Crippen MR) is 54.2 cm³/mol. The van der Waals surface area contributed by atoms with E-state index in [-0.39, 0.29) is 11.3 Å². The Labute approximate surface area is 91.5 Å².